The maximum absolute atomic E-state index is 12.1. The number of allylic oxidation sites excluding steroid dienone is 2. The quantitative estimate of drug-likeness (QED) is 0.816. The van der Waals surface area contributed by atoms with Gasteiger partial charge in [0.1, 0.15) is 5.75 Å². The molecule has 0 aliphatic heterocycles. The zero-order chi connectivity index (χ0) is 14.3. The van der Waals surface area contributed by atoms with E-state index in [9.17, 15) is 24.3 Å². The smallest absolute Gasteiger partial charge is 0.190 e. The first-order valence-corrected chi connectivity index (χ1v) is 5.51. The van der Waals surface area contributed by atoms with Crippen LogP contribution in [-0.4, -0.2) is 29.2 Å². The number of fused-ring (bicyclic) bond motifs is 1. The Bertz CT molecular complexity index is 680. The highest BCUT2D eigenvalue weighted by Crippen LogP contribution is 2.34. The Morgan fingerprint density at radius 3 is 2.11 bits per heavy atom. The molecule has 0 amide bonds. The Balaban J connectivity index is 2.93. The summed E-state index contributed by atoms with van der Waals surface area (Å²) in [5, 5.41) is 9.76. The van der Waals surface area contributed by atoms with Crippen LogP contribution in [-0.2, 0) is 0 Å². The van der Waals surface area contributed by atoms with Crippen LogP contribution in [0.1, 0.15) is 55.3 Å². The number of Topliss-reactive ketones (excluding diaryl/α,β-unsaturated/α-hetero) is 2. The second-order valence-corrected chi connectivity index (χ2v) is 4.29. The van der Waals surface area contributed by atoms with E-state index < -0.39 is 17.3 Å². The van der Waals surface area contributed by atoms with Crippen molar-refractivity contribution in [1.82, 2.24) is 0 Å². The highest BCUT2D eigenvalue weighted by Gasteiger charge is 2.32. The maximum Gasteiger partial charge on any atom is 0.190 e. The first-order chi connectivity index (χ1) is 8.93. The largest absolute Gasteiger partial charge is 0.506 e. The second-order valence-electron chi connectivity index (χ2n) is 4.29. The minimum atomic E-state index is -0.572. The van der Waals surface area contributed by atoms with Crippen LogP contribution in [0, 0.1) is 0 Å². The number of rotatable bonds is 2. The van der Waals surface area contributed by atoms with Crippen LogP contribution in [0.3, 0.4) is 0 Å². The molecule has 1 N–H and O–H groups in total. The number of ketones is 2. The van der Waals surface area contributed by atoms with Crippen molar-refractivity contribution in [3.8, 4) is 5.75 Å². The normalized spacial score (nSPS) is 14.4. The van der Waals surface area contributed by atoms with Crippen molar-refractivity contribution in [1.29, 1.82) is 0 Å². The van der Waals surface area contributed by atoms with E-state index in [-0.39, 0.29) is 39.7 Å². The van der Waals surface area contributed by atoms with Crippen LogP contribution in [0.4, 0.5) is 0 Å². The summed E-state index contributed by atoms with van der Waals surface area (Å²) in [4.78, 5) is 46.1. The van der Waals surface area contributed by atoms with Gasteiger partial charge in [-0.3, -0.25) is 19.2 Å². The molecule has 5 nitrogen and oxygen atoms in total. The third kappa shape index (κ3) is 1.62. The molecule has 5 heteroatoms. The fourth-order valence-corrected chi connectivity index (χ4v) is 2.07. The van der Waals surface area contributed by atoms with Gasteiger partial charge in [-0.05, 0) is 19.9 Å². The van der Waals surface area contributed by atoms with Crippen molar-refractivity contribution < 1.29 is 24.3 Å². The van der Waals surface area contributed by atoms with Gasteiger partial charge in [-0.15, -0.1) is 0 Å². The number of carbonyl (C=O) groups excluding carboxylic acids is 4. The van der Waals surface area contributed by atoms with Gasteiger partial charge >= 0.3 is 0 Å². The van der Waals surface area contributed by atoms with Gasteiger partial charge in [0.2, 0.25) is 0 Å². The summed E-state index contributed by atoms with van der Waals surface area (Å²) in [5.74, 6) is -1.47. The fourth-order valence-electron chi connectivity index (χ4n) is 2.07. The van der Waals surface area contributed by atoms with E-state index in [2.05, 4.69) is 0 Å². The third-order valence-electron chi connectivity index (χ3n) is 3.33. The van der Waals surface area contributed by atoms with E-state index in [4.69, 9.17) is 0 Å². The topological polar surface area (TPSA) is 88.5 Å². The van der Waals surface area contributed by atoms with Crippen molar-refractivity contribution in [2.24, 2.45) is 0 Å². The van der Waals surface area contributed by atoms with Crippen LogP contribution in [0.15, 0.2) is 17.2 Å². The maximum atomic E-state index is 12.1. The van der Waals surface area contributed by atoms with Gasteiger partial charge < -0.3 is 5.11 Å². The zero-order valence-electron chi connectivity index (χ0n) is 10.3. The fraction of sp³-hybridized carbons (Fsp3) is 0.143. The van der Waals surface area contributed by atoms with Crippen molar-refractivity contribution in [2.75, 3.05) is 0 Å². The molecule has 0 unspecified atom stereocenters. The minimum absolute atomic E-state index is 0.0184. The summed E-state index contributed by atoms with van der Waals surface area (Å²) in [6.07, 6.45) is 0.612. The number of aromatic hydroxyl groups is 1. The molecular formula is C14H10O5. The molecule has 0 spiro atoms. The molecule has 0 saturated heterocycles. The number of aldehydes is 2. The van der Waals surface area contributed by atoms with Crippen LogP contribution >= 0.6 is 0 Å². The minimum Gasteiger partial charge on any atom is -0.506 e. The van der Waals surface area contributed by atoms with Crippen molar-refractivity contribution in [3.63, 3.8) is 0 Å². The number of benzene rings is 1. The lowest BCUT2D eigenvalue weighted by Crippen LogP contribution is -2.22. The van der Waals surface area contributed by atoms with Crippen molar-refractivity contribution in [3.05, 3.63) is 39.5 Å². The molecule has 0 atom stereocenters. The Labute approximate surface area is 108 Å². The van der Waals surface area contributed by atoms with Crippen LogP contribution in [0.2, 0.25) is 0 Å². The molecule has 0 radical (unpaired) electrons. The first kappa shape index (κ1) is 12.9. The highest BCUT2D eigenvalue weighted by molar-refractivity contribution is 6.29. The van der Waals surface area contributed by atoms with E-state index >= 15 is 0 Å². The molecule has 0 saturated carbocycles. The van der Waals surface area contributed by atoms with Crippen molar-refractivity contribution in [2.45, 2.75) is 13.8 Å². The molecule has 19 heavy (non-hydrogen) atoms. The number of phenolic OH excluding ortho intramolecular Hbond substituents is 1. The van der Waals surface area contributed by atoms with Gasteiger partial charge in [-0.2, -0.15) is 0 Å². The van der Waals surface area contributed by atoms with Crippen molar-refractivity contribution >= 4 is 24.1 Å². The van der Waals surface area contributed by atoms with Crippen LogP contribution < -0.4 is 0 Å². The second kappa shape index (κ2) is 4.28. The Morgan fingerprint density at radius 1 is 1.00 bits per heavy atom. The monoisotopic (exact) mass is 258 g/mol. The summed E-state index contributed by atoms with van der Waals surface area (Å²) >= 11 is 0. The van der Waals surface area contributed by atoms with Crippen LogP contribution in [0.5, 0.6) is 5.75 Å². The molecule has 96 valence electrons. The number of carbonyl (C=O) groups is 4. The number of phenols is 1. The van der Waals surface area contributed by atoms with Gasteiger partial charge in [0.05, 0.1) is 11.1 Å². The Morgan fingerprint density at radius 2 is 1.58 bits per heavy atom. The van der Waals surface area contributed by atoms with E-state index in [1.807, 2.05) is 0 Å². The summed E-state index contributed by atoms with van der Waals surface area (Å²) in [5.41, 5.74) is -0.142. The molecule has 0 fully saturated rings. The molecule has 1 aromatic carbocycles. The lowest BCUT2D eigenvalue weighted by atomic mass is 9.81. The van der Waals surface area contributed by atoms with Gasteiger partial charge in [-0.25, -0.2) is 0 Å². The Kier molecular flexibility index (Phi) is 2.90. The number of hydrogen-bond donors (Lipinski definition) is 1. The SMILES string of the molecule is CC1=C(C)C(=O)c2c(cc(C=O)c(O)c2C=O)C1=O. The first-order valence-electron chi connectivity index (χ1n) is 5.51. The third-order valence-corrected chi connectivity index (χ3v) is 3.33. The van der Waals surface area contributed by atoms with Gasteiger partial charge in [0, 0.05) is 22.3 Å². The van der Waals surface area contributed by atoms with E-state index in [0.29, 0.717) is 6.29 Å². The summed E-state index contributed by atoms with van der Waals surface area (Å²) in [7, 11) is 0. The van der Waals surface area contributed by atoms with Gasteiger partial charge in [0.15, 0.2) is 24.1 Å². The Hall–Kier alpha value is -2.56. The molecule has 0 bridgehead atoms. The summed E-state index contributed by atoms with van der Waals surface area (Å²) < 4.78 is 0. The predicted octanol–water partition coefficient (Wildman–Crippen LogP) is 1.73. The van der Waals surface area contributed by atoms with Crippen LogP contribution in [0.25, 0.3) is 0 Å². The van der Waals surface area contributed by atoms with E-state index in [1.54, 1.807) is 0 Å². The molecule has 1 aliphatic rings. The average Bonchev–Trinajstić information content (AvgIpc) is 2.42. The molecule has 2 rings (SSSR count). The predicted molar refractivity (Wildman–Crippen MR) is 65.9 cm³/mol. The molecular weight excluding hydrogens is 248 g/mol. The van der Waals surface area contributed by atoms with E-state index in [0.717, 1.165) is 6.07 Å². The summed E-state index contributed by atoms with van der Waals surface area (Å²) in [6.45, 7) is 2.99. The molecule has 0 aromatic heterocycles. The zero-order valence-corrected chi connectivity index (χ0v) is 10.3. The standard InChI is InChI=1S/C14H10O5/c1-6-7(2)13(18)11-9(12(6)17)3-8(4-15)14(19)10(11)5-16/h3-5,19H,1-2H3. The molecule has 1 aliphatic carbocycles. The van der Waals surface area contributed by atoms with Gasteiger partial charge in [0.25, 0.3) is 0 Å². The summed E-state index contributed by atoms with van der Waals surface area (Å²) in [6, 6.07) is 1.14. The van der Waals surface area contributed by atoms with Gasteiger partial charge in [-0.1, -0.05) is 0 Å². The number of hydrogen-bond acceptors (Lipinski definition) is 5. The molecule has 1 aromatic rings. The lowest BCUT2D eigenvalue weighted by Gasteiger charge is -2.19. The van der Waals surface area contributed by atoms with E-state index in [1.165, 1.54) is 13.8 Å². The molecule has 0 heterocycles. The lowest BCUT2D eigenvalue weighted by molar-refractivity contribution is 0.0971. The highest BCUT2D eigenvalue weighted by atomic mass is 16.3. The average molecular weight is 258 g/mol.